The highest BCUT2D eigenvalue weighted by atomic mass is 79.9. The second-order valence-corrected chi connectivity index (χ2v) is 7.59. The van der Waals surface area contributed by atoms with Crippen molar-refractivity contribution < 1.29 is 4.74 Å². The van der Waals surface area contributed by atoms with Gasteiger partial charge in [-0.3, -0.25) is 9.36 Å². The van der Waals surface area contributed by atoms with E-state index in [9.17, 15) is 4.79 Å². The summed E-state index contributed by atoms with van der Waals surface area (Å²) in [4.78, 5) is 17.8. The molecule has 20 heavy (non-hydrogen) atoms. The summed E-state index contributed by atoms with van der Waals surface area (Å²) in [6.07, 6.45) is 2.02. The summed E-state index contributed by atoms with van der Waals surface area (Å²) in [5.74, 6) is 0.363. The van der Waals surface area contributed by atoms with Crippen LogP contribution in [-0.2, 0) is 6.54 Å². The fourth-order valence-electron chi connectivity index (χ4n) is 1.91. The Morgan fingerprint density at radius 1 is 1.50 bits per heavy atom. The van der Waals surface area contributed by atoms with E-state index in [0.717, 1.165) is 21.5 Å². The van der Waals surface area contributed by atoms with E-state index in [0.29, 0.717) is 30.5 Å². The SMILES string of the molecule is CCCCOc1nc2sc(Br)cc2c(=O)n1CC(C)C. The van der Waals surface area contributed by atoms with Crippen LogP contribution in [0.4, 0.5) is 0 Å². The lowest BCUT2D eigenvalue weighted by Gasteiger charge is -2.14. The number of rotatable bonds is 6. The molecule has 0 aliphatic heterocycles. The molecule has 0 radical (unpaired) electrons. The summed E-state index contributed by atoms with van der Waals surface area (Å²) in [6.45, 7) is 7.49. The molecule has 0 spiro atoms. The number of aromatic nitrogens is 2. The first-order chi connectivity index (χ1) is 9.52. The fourth-order valence-corrected chi connectivity index (χ4v) is 3.34. The lowest BCUT2D eigenvalue weighted by Crippen LogP contribution is -2.25. The van der Waals surface area contributed by atoms with E-state index in [-0.39, 0.29) is 5.56 Å². The summed E-state index contributed by atoms with van der Waals surface area (Å²) < 4.78 is 8.29. The van der Waals surface area contributed by atoms with Gasteiger partial charge in [0.25, 0.3) is 5.56 Å². The second-order valence-electron chi connectivity index (χ2n) is 5.18. The van der Waals surface area contributed by atoms with Crippen LogP contribution in [0.25, 0.3) is 10.2 Å². The molecule has 0 aliphatic rings. The van der Waals surface area contributed by atoms with E-state index < -0.39 is 0 Å². The summed E-state index contributed by atoms with van der Waals surface area (Å²) in [5, 5.41) is 0.658. The maximum absolute atomic E-state index is 12.6. The lowest BCUT2D eigenvalue weighted by atomic mass is 10.2. The summed E-state index contributed by atoms with van der Waals surface area (Å²) in [7, 11) is 0. The topological polar surface area (TPSA) is 44.1 Å². The zero-order valence-corrected chi connectivity index (χ0v) is 14.4. The van der Waals surface area contributed by atoms with Gasteiger partial charge in [0.1, 0.15) is 4.83 Å². The molecule has 0 aromatic carbocycles. The third-order valence-electron chi connectivity index (χ3n) is 2.86. The zero-order valence-electron chi connectivity index (χ0n) is 12.0. The van der Waals surface area contributed by atoms with E-state index in [1.54, 1.807) is 4.57 Å². The van der Waals surface area contributed by atoms with Crippen molar-refractivity contribution in [2.75, 3.05) is 6.61 Å². The average Bonchev–Trinajstić information content (AvgIpc) is 2.75. The Kier molecular flexibility index (Phi) is 5.21. The molecule has 2 aromatic heterocycles. The lowest BCUT2D eigenvalue weighted by molar-refractivity contribution is 0.261. The first kappa shape index (κ1) is 15.5. The molecule has 0 saturated heterocycles. The van der Waals surface area contributed by atoms with Gasteiger partial charge in [-0.1, -0.05) is 27.2 Å². The zero-order chi connectivity index (χ0) is 14.7. The van der Waals surface area contributed by atoms with Crippen molar-refractivity contribution in [2.45, 2.75) is 40.2 Å². The molecule has 0 amide bonds. The Labute approximate surface area is 130 Å². The highest BCUT2D eigenvalue weighted by Gasteiger charge is 2.15. The molecule has 0 N–H and O–H groups in total. The predicted molar refractivity (Wildman–Crippen MR) is 86.8 cm³/mol. The molecular weight excluding hydrogens is 340 g/mol. The van der Waals surface area contributed by atoms with Crippen LogP contribution in [0.2, 0.25) is 0 Å². The molecule has 4 nitrogen and oxygen atoms in total. The van der Waals surface area contributed by atoms with Gasteiger partial charge in [0.15, 0.2) is 0 Å². The molecule has 2 rings (SSSR count). The number of thiophene rings is 1. The second kappa shape index (κ2) is 6.72. The number of nitrogens with zero attached hydrogens (tertiary/aromatic N) is 2. The van der Waals surface area contributed by atoms with E-state index in [1.165, 1.54) is 11.3 Å². The fraction of sp³-hybridized carbons (Fsp3) is 0.571. The van der Waals surface area contributed by atoms with Crippen molar-refractivity contribution in [3.63, 3.8) is 0 Å². The monoisotopic (exact) mass is 358 g/mol. The van der Waals surface area contributed by atoms with Crippen LogP contribution in [-0.4, -0.2) is 16.2 Å². The smallest absolute Gasteiger partial charge is 0.300 e. The minimum Gasteiger partial charge on any atom is -0.465 e. The van der Waals surface area contributed by atoms with Crippen LogP contribution in [0.5, 0.6) is 6.01 Å². The van der Waals surface area contributed by atoms with Crippen molar-refractivity contribution in [1.82, 2.24) is 9.55 Å². The first-order valence-electron chi connectivity index (χ1n) is 6.85. The van der Waals surface area contributed by atoms with Crippen LogP contribution in [0.3, 0.4) is 0 Å². The van der Waals surface area contributed by atoms with Crippen molar-refractivity contribution in [3.05, 3.63) is 20.2 Å². The minimum absolute atomic E-state index is 0.0165. The first-order valence-corrected chi connectivity index (χ1v) is 8.46. The third-order valence-corrected chi connectivity index (χ3v) is 4.39. The van der Waals surface area contributed by atoms with Crippen LogP contribution < -0.4 is 10.3 Å². The van der Waals surface area contributed by atoms with Gasteiger partial charge < -0.3 is 4.74 Å². The molecule has 0 unspecified atom stereocenters. The number of fused-ring (bicyclic) bond motifs is 1. The van der Waals surface area contributed by atoms with Crippen LogP contribution in [0.15, 0.2) is 14.6 Å². The molecule has 2 heterocycles. The summed E-state index contributed by atoms with van der Waals surface area (Å²) >= 11 is 4.87. The Morgan fingerprint density at radius 3 is 2.90 bits per heavy atom. The van der Waals surface area contributed by atoms with Gasteiger partial charge in [0.05, 0.1) is 15.8 Å². The van der Waals surface area contributed by atoms with Gasteiger partial charge in [-0.25, -0.2) is 0 Å². The van der Waals surface area contributed by atoms with E-state index in [1.807, 2.05) is 6.07 Å². The average molecular weight is 359 g/mol. The Morgan fingerprint density at radius 2 is 2.25 bits per heavy atom. The Bertz CT molecular complexity index is 648. The highest BCUT2D eigenvalue weighted by Crippen LogP contribution is 2.27. The van der Waals surface area contributed by atoms with Crippen molar-refractivity contribution in [3.8, 4) is 6.01 Å². The minimum atomic E-state index is -0.0165. The van der Waals surface area contributed by atoms with Gasteiger partial charge in [-0.05, 0) is 34.3 Å². The molecule has 0 fully saturated rings. The normalized spacial score (nSPS) is 11.4. The number of unbranched alkanes of at least 4 members (excludes halogenated alkanes) is 1. The van der Waals surface area contributed by atoms with Crippen molar-refractivity contribution in [2.24, 2.45) is 5.92 Å². The van der Waals surface area contributed by atoms with Gasteiger partial charge in [0.2, 0.25) is 0 Å². The third kappa shape index (κ3) is 3.41. The largest absolute Gasteiger partial charge is 0.465 e. The number of hydrogen-bond donors (Lipinski definition) is 0. The maximum atomic E-state index is 12.6. The number of ether oxygens (including phenoxy) is 1. The summed E-state index contributed by atoms with van der Waals surface area (Å²) in [5.41, 5.74) is -0.0165. The molecular formula is C14H19BrN2O2S. The number of hydrogen-bond acceptors (Lipinski definition) is 4. The van der Waals surface area contributed by atoms with Crippen molar-refractivity contribution >= 4 is 37.5 Å². The Hall–Kier alpha value is -0.880. The quantitative estimate of drug-likeness (QED) is 0.731. The maximum Gasteiger partial charge on any atom is 0.300 e. The van der Waals surface area contributed by atoms with Gasteiger partial charge in [-0.15, -0.1) is 11.3 Å². The van der Waals surface area contributed by atoms with Gasteiger partial charge >= 0.3 is 6.01 Å². The van der Waals surface area contributed by atoms with E-state index >= 15 is 0 Å². The summed E-state index contributed by atoms with van der Waals surface area (Å²) in [6, 6.07) is 2.28. The molecule has 0 aliphatic carbocycles. The van der Waals surface area contributed by atoms with Gasteiger partial charge in [0, 0.05) is 6.54 Å². The van der Waals surface area contributed by atoms with Crippen LogP contribution >= 0.6 is 27.3 Å². The molecule has 2 aromatic rings. The molecule has 0 saturated carbocycles. The van der Waals surface area contributed by atoms with E-state index in [2.05, 4.69) is 41.7 Å². The van der Waals surface area contributed by atoms with E-state index in [4.69, 9.17) is 4.74 Å². The molecule has 6 heteroatoms. The predicted octanol–water partition coefficient (Wildman–Crippen LogP) is 4.06. The molecule has 0 atom stereocenters. The molecule has 110 valence electrons. The standard InChI is InChI=1S/C14H19BrN2O2S/c1-4-5-6-19-14-16-12-10(7-11(15)20-12)13(18)17(14)8-9(2)3/h7,9H,4-6,8H2,1-3H3. The van der Waals surface area contributed by atoms with Gasteiger partial charge in [-0.2, -0.15) is 4.98 Å². The van der Waals surface area contributed by atoms with Crippen LogP contribution in [0, 0.1) is 5.92 Å². The van der Waals surface area contributed by atoms with Crippen LogP contribution in [0.1, 0.15) is 33.6 Å². The molecule has 0 bridgehead atoms. The number of halogens is 1. The van der Waals surface area contributed by atoms with Crippen molar-refractivity contribution in [1.29, 1.82) is 0 Å². The Balaban J connectivity index is 2.48. The highest BCUT2D eigenvalue weighted by molar-refractivity contribution is 9.11.